The Labute approximate surface area is 136 Å². The van der Waals surface area contributed by atoms with Crippen LogP contribution in [0.2, 0.25) is 0 Å². The summed E-state index contributed by atoms with van der Waals surface area (Å²) in [7, 11) is 0. The third-order valence-corrected chi connectivity index (χ3v) is 3.42. The number of aliphatic hydroxyl groups is 5. The molecule has 0 saturated heterocycles. The van der Waals surface area contributed by atoms with Crippen molar-refractivity contribution in [3.05, 3.63) is 41.7 Å². The first-order valence-electron chi connectivity index (χ1n) is 7.73. The molecule has 1 aromatic rings. The van der Waals surface area contributed by atoms with Crippen molar-refractivity contribution in [1.82, 2.24) is 0 Å². The lowest BCUT2D eigenvalue weighted by atomic mass is 10.0. The maximum absolute atomic E-state index is 10.3. The fourth-order valence-corrected chi connectivity index (χ4v) is 1.95. The van der Waals surface area contributed by atoms with E-state index in [9.17, 15) is 20.4 Å². The van der Waals surface area contributed by atoms with Crippen molar-refractivity contribution in [2.75, 3.05) is 13.2 Å². The molecule has 0 spiro atoms. The summed E-state index contributed by atoms with van der Waals surface area (Å²) in [4.78, 5) is 0. The molecule has 0 aromatic heterocycles. The number of rotatable bonds is 10. The predicted molar refractivity (Wildman–Crippen MR) is 86.4 cm³/mol. The van der Waals surface area contributed by atoms with Crippen LogP contribution in [0, 0.1) is 0 Å². The summed E-state index contributed by atoms with van der Waals surface area (Å²) < 4.78 is 5.53. The molecule has 6 heteroatoms. The predicted octanol–water partition coefficient (Wildman–Crippen LogP) is 0.280. The molecule has 0 bridgehead atoms. The zero-order chi connectivity index (χ0) is 17.2. The molecule has 5 N–H and O–H groups in total. The van der Waals surface area contributed by atoms with Crippen molar-refractivity contribution in [2.45, 2.75) is 44.2 Å². The van der Waals surface area contributed by atoms with E-state index in [1.807, 2.05) is 25.1 Å². The molecule has 4 unspecified atom stereocenters. The van der Waals surface area contributed by atoms with Crippen LogP contribution in [0.1, 0.15) is 25.3 Å². The van der Waals surface area contributed by atoms with Crippen molar-refractivity contribution < 1.29 is 30.3 Å². The van der Waals surface area contributed by atoms with Crippen LogP contribution in [-0.2, 0) is 4.74 Å². The molecule has 4 atom stereocenters. The van der Waals surface area contributed by atoms with Crippen LogP contribution in [0.15, 0.2) is 36.1 Å². The molecular weight excluding hydrogens is 300 g/mol. The first-order valence-corrected chi connectivity index (χ1v) is 7.73. The van der Waals surface area contributed by atoms with Crippen molar-refractivity contribution in [2.24, 2.45) is 0 Å². The van der Waals surface area contributed by atoms with Gasteiger partial charge in [0.15, 0.2) is 0 Å². The number of aliphatic hydroxyl groups excluding tert-OH is 5. The highest BCUT2D eigenvalue weighted by molar-refractivity contribution is 5.52. The number of unbranched alkanes of at least 4 members (excludes halogenated alkanes) is 1. The molecule has 0 aliphatic heterocycles. The maximum Gasteiger partial charge on any atom is 0.139 e. The zero-order valence-corrected chi connectivity index (χ0v) is 13.2. The van der Waals surface area contributed by atoms with E-state index >= 15 is 0 Å². The van der Waals surface area contributed by atoms with E-state index in [-0.39, 0.29) is 5.76 Å². The number of hydrogen-bond acceptors (Lipinski definition) is 6. The van der Waals surface area contributed by atoms with Gasteiger partial charge in [0.05, 0.1) is 13.2 Å². The topological polar surface area (TPSA) is 110 Å². The molecule has 1 aromatic carbocycles. The highest BCUT2D eigenvalue weighted by atomic mass is 16.5. The third-order valence-electron chi connectivity index (χ3n) is 3.42. The summed E-state index contributed by atoms with van der Waals surface area (Å²) in [5.74, 6) is 0.0985. The minimum atomic E-state index is -1.69. The van der Waals surface area contributed by atoms with E-state index < -0.39 is 31.0 Å². The molecule has 130 valence electrons. The standard InChI is InChI=1S/C17H26O6/c1-2-3-9-23-14(10-12-7-5-4-6-8-12)16(21)17(22)15(20)13(19)11-18/h4-8,10,13,15-22H,2-3,9,11H2,1H3. The molecule has 0 heterocycles. The lowest BCUT2D eigenvalue weighted by Gasteiger charge is -2.27. The molecule has 23 heavy (non-hydrogen) atoms. The molecule has 6 nitrogen and oxygen atoms in total. The van der Waals surface area contributed by atoms with E-state index in [1.165, 1.54) is 0 Å². The van der Waals surface area contributed by atoms with Gasteiger partial charge in [-0.05, 0) is 18.1 Å². The second kappa shape index (κ2) is 10.4. The number of ether oxygens (including phenoxy) is 1. The average molecular weight is 326 g/mol. The molecule has 0 amide bonds. The lowest BCUT2D eigenvalue weighted by molar-refractivity contribution is -0.115. The second-order valence-electron chi connectivity index (χ2n) is 5.34. The minimum Gasteiger partial charge on any atom is -0.495 e. The van der Waals surface area contributed by atoms with Crippen LogP contribution >= 0.6 is 0 Å². The van der Waals surface area contributed by atoms with Gasteiger partial charge >= 0.3 is 0 Å². The van der Waals surface area contributed by atoms with Crippen molar-refractivity contribution >= 4 is 6.08 Å². The quantitative estimate of drug-likeness (QED) is 0.312. The molecule has 0 aliphatic carbocycles. The van der Waals surface area contributed by atoms with E-state index in [2.05, 4.69) is 0 Å². The van der Waals surface area contributed by atoms with Gasteiger partial charge in [0.1, 0.15) is 30.2 Å². The highest BCUT2D eigenvalue weighted by Crippen LogP contribution is 2.18. The smallest absolute Gasteiger partial charge is 0.139 e. The number of hydrogen-bond donors (Lipinski definition) is 5. The van der Waals surface area contributed by atoms with Crippen LogP contribution in [0.3, 0.4) is 0 Å². The van der Waals surface area contributed by atoms with Gasteiger partial charge in [0.25, 0.3) is 0 Å². The Hall–Kier alpha value is -1.44. The minimum absolute atomic E-state index is 0.0985. The Morgan fingerprint density at radius 1 is 1.09 bits per heavy atom. The lowest BCUT2D eigenvalue weighted by Crippen LogP contribution is -2.46. The molecule has 0 aliphatic rings. The molecule has 1 rings (SSSR count). The highest BCUT2D eigenvalue weighted by Gasteiger charge is 2.32. The maximum atomic E-state index is 10.3. The van der Waals surface area contributed by atoms with Crippen molar-refractivity contribution in [1.29, 1.82) is 0 Å². The van der Waals surface area contributed by atoms with E-state index in [4.69, 9.17) is 9.84 Å². The fraction of sp³-hybridized carbons (Fsp3) is 0.529. The fourth-order valence-electron chi connectivity index (χ4n) is 1.95. The SMILES string of the molecule is CCCCOC(=Cc1ccccc1)C(O)C(O)C(O)C(O)CO. The number of benzene rings is 1. The molecule has 0 radical (unpaired) electrons. The van der Waals surface area contributed by atoms with Crippen LogP contribution in [-0.4, -0.2) is 63.2 Å². The monoisotopic (exact) mass is 326 g/mol. The Kier molecular flexibility index (Phi) is 8.83. The van der Waals surface area contributed by atoms with Crippen LogP contribution < -0.4 is 0 Å². The van der Waals surface area contributed by atoms with Crippen molar-refractivity contribution in [3.8, 4) is 0 Å². The molecule has 0 saturated carbocycles. The average Bonchev–Trinajstić information content (AvgIpc) is 2.59. The van der Waals surface area contributed by atoms with Gasteiger partial charge < -0.3 is 30.3 Å². The van der Waals surface area contributed by atoms with E-state index in [0.29, 0.717) is 6.61 Å². The summed E-state index contributed by atoms with van der Waals surface area (Å²) in [6.45, 7) is 1.63. The van der Waals surface area contributed by atoms with Gasteiger partial charge in [-0.1, -0.05) is 43.7 Å². The summed E-state index contributed by atoms with van der Waals surface area (Å²) >= 11 is 0. The van der Waals surface area contributed by atoms with Crippen LogP contribution in [0.4, 0.5) is 0 Å². The summed E-state index contributed by atoms with van der Waals surface area (Å²) in [5, 5.41) is 48.2. The molecule has 0 fully saturated rings. The largest absolute Gasteiger partial charge is 0.495 e. The normalized spacial score (nSPS) is 17.4. The molecular formula is C17H26O6. The van der Waals surface area contributed by atoms with Gasteiger partial charge in [0.2, 0.25) is 0 Å². The Morgan fingerprint density at radius 2 is 1.74 bits per heavy atom. The Balaban J connectivity index is 2.91. The van der Waals surface area contributed by atoms with Crippen molar-refractivity contribution in [3.63, 3.8) is 0 Å². The summed E-state index contributed by atoms with van der Waals surface area (Å²) in [6, 6.07) is 9.11. The van der Waals surface area contributed by atoms with Gasteiger partial charge in [-0.15, -0.1) is 0 Å². The van der Waals surface area contributed by atoms with Gasteiger partial charge in [-0.3, -0.25) is 0 Å². The second-order valence-corrected chi connectivity index (χ2v) is 5.34. The van der Waals surface area contributed by atoms with E-state index in [0.717, 1.165) is 18.4 Å². The first-order chi connectivity index (χ1) is 11.0. The van der Waals surface area contributed by atoms with E-state index in [1.54, 1.807) is 18.2 Å². The van der Waals surface area contributed by atoms with Gasteiger partial charge in [0, 0.05) is 0 Å². The van der Waals surface area contributed by atoms with Crippen LogP contribution in [0.25, 0.3) is 6.08 Å². The first kappa shape index (κ1) is 19.6. The van der Waals surface area contributed by atoms with Gasteiger partial charge in [-0.2, -0.15) is 0 Å². The van der Waals surface area contributed by atoms with Gasteiger partial charge in [-0.25, -0.2) is 0 Å². The van der Waals surface area contributed by atoms with Crippen LogP contribution in [0.5, 0.6) is 0 Å². The Morgan fingerprint density at radius 3 is 2.30 bits per heavy atom. The Bertz CT molecular complexity index is 461. The third kappa shape index (κ3) is 6.29. The summed E-state index contributed by atoms with van der Waals surface area (Å²) in [5.41, 5.74) is 0.766. The zero-order valence-electron chi connectivity index (χ0n) is 13.2. The summed E-state index contributed by atoms with van der Waals surface area (Å²) in [6.07, 6.45) is -3.20.